The number of likely N-dealkylation sites (tertiary alicyclic amines) is 1. The highest BCUT2D eigenvalue weighted by Crippen LogP contribution is 2.42. The summed E-state index contributed by atoms with van der Waals surface area (Å²) in [6.45, 7) is 2.86. The number of carbonyl (C=O) groups excluding carboxylic acids is 1. The minimum atomic E-state index is -4.64. The molecule has 2 heterocycles. The number of hydrogen-bond acceptors (Lipinski definition) is 4. The molecule has 1 aliphatic carbocycles. The molecule has 1 aromatic carbocycles. The summed E-state index contributed by atoms with van der Waals surface area (Å²) in [5, 5.41) is 3.53. The second-order valence-corrected chi connectivity index (χ2v) is 7.65. The van der Waals surface area contributed by atoms with Crippen molar-refractivity contribution in [2.45, 2.75) is 38.4 Å². The van der Waals surface area contributed by atoms with Gasteiger partial charge in [-0.2, -0.15) is 13.2 Å². The molecule has 3 unspecified atom stereocenters. The smallest absolute Gasteiger partial charge is 0.334 e. The van der Waals surface area contributed by atoms with E-state index in [-0.39, 0.29) is 17.6 Å². The van der Waals surface area contributed by atoms with Crippen LogP contribution < -0.4 is 5.73 Å². The van der Waals surface area contributed by atoms with E-state index in [1.165, 1.54) is 0 Å². The number of nitrogens with two attached hydrogens (primary N) is 1. The van der Waals surface area contributed by atoms with Gasteiger partial charge < -0.3 is 10.6 Å². The normalized spacial score (nSPS) is 24.6. The number of hydrogen-bond donors (Lipinski definition) is 1. The zero-order chi connectivity index (χ0) is 20.1. The third-order valence-electron chi connectivity index (χ3n) is 5.92. The van der Waals surface area contributed by atoms with Crippen LogP contribution in [0, 0.1) is 18.8 Å². The first kappa shape index (κ1) is 18.9. The fraction of sp³-hybridized carbons (Fsp3) is 0.526. The second-order valence-electron chi connectivity index (χ2n) is 7.65. The second kappa shape index (κ2) is 6.88. The molecular formula is C19H22F3N5O. The maximum Gasteiger partial charge on any atom is 0.453 e. The number of benzene rings is 1. The highest BCUT2D eigenvalue weighted by atomic mass is 19.4. The minimum absolute atomic E-state index is 0.0326. The van der Waals surface area contributed by atoms with Crippen LogP contribution in [0.2, 0.25) is 0 Å². The number of halogens is 3. The molecule has 1 saturated heterocycles. The molecule has 2 aromatic rings. The van der Waals surface area contributed by atoms with E-state index in [4.69, 9.17) is 5.73 Å². The number of carbonyl (C=O) groups is 1. The van der Waals surface area contributed by atoms with E-state index in [2.05, 4.69) is 10.1 Å². The zero-order valence-corrected chi connectivity index (χ0v) is 15.5. The molecule has 4 rings (SSSR count). The van der Waals surface area contributed by atoms with Crippen molar-refractivity contribution >= 4 is 5.91 Å². The van der Waals surface area contributed by atoms with Gasteiger partial charge in [0, 0.05) is 19.1 Å². The van der Waals surface area contributed by atoms with Crippen LogP contribution in [0.1, 0.15) is 41.0 Å². The van der Waals surface area contributed by atoms with Gasteiger partial charge in [0.25, 0.3) is 11.7 Å². The maximum absolute atomic E-state index is 13.4. The summed E-state index contributed by atoms with van der Waals surface area (Å²) >= 11 is 0. The van der Waals surface area contributed by atoms with Gasteiger partial charge >= 0.3 is 6.18 Å². The molecule has 2 aliphatic rings. The van der Waals surface area contributed by atoms with E-state index in [1.807, 2.05) is 6.92 Å². The Kier molecular flexibility index (Phi) is 4.65. The molecule has 1 aliphatic heterocycles. The quantitative estimate of drug-likeness (QED) is 0.870. The van der Waals surface area contributed by atoms with Crippen LogP contribution in [-0.2, 0) is 6.18 Å². The first-order valence-corrected chi connectivity index (χ1v) is 9.40. The lowest BCUT2D eigenvalue weighted by Gasteiger charge is -2.27. The fourth-order valence-electron chi connectivity index (χ4n) is 4.64. The predicted molar refractivity (Wildman–Crippen MR) is 95.8 cm³/mol. The average molecular weight is 393 g/mol. The van der Waals surface area contributed by atoms with E-state index in [0.717, 1.165) is 35.8 Å². The van der Waals surface area contributed by atoms with Crippen molar-refractivity contribution in [3.63, 3.8) is 0 Å². The zero-order valence-electron chi connectivity index (χ0n) is 15.5. The summed E-state index contributed by atoms with van der Waals surface area (Å²) in [4.78, 5) is 18.5. The molecule has 6 nitrogen and oxygen atoms in total. The first-order chi connectivity index (χ1) is 13.3. The van der Waals surface area contributed by atoms with Crippen molar-refractivity contribution in [2.75, 3.05) is 13.1 Å². The molecular weight excluding hydrogens is 371 g/mol. The van der Waals surface area contributed by atoms with E-state index in [1.54, 1.807) is 23.1 Å². The minimum Gasteiger partial charge on any atom is -0.334 e. The van der Waals surface area contributed by atoms with Crippen molar-refractivity contribution in [2.24, 2.45) is 17.6 Å². The Morgan fingerprint density at radius 3 is 2.79 bits per heavy atom. The summed E-state index contributed by atoms with van der Waals surface area (Å²) in [6, 6.07) is 5.00. The van der Waals surface area contributed by atoms with Crippen molar-refractivity contribution in [3.05, 3.63) is 41.5 Å². The molecule has 1 amide bonds. The number of aromatic nitrogens is 3. The topological polar surface area (TPSA) is 77.0 Å². The number of amides is 1. The van der Waals surface area contributed by atoms with Gasteiger partial charge in [0.05, 0.1) is 11.3 Å². The number of nitrogens with zero attached hydrogens (tertiary/aromatic N) is 4. The molecule has 9 heteroatoms. The van der Waals surface area contributed by atoms with E-state index < -0.39 is 12.0 Å². The van der Waals surface area contributed by atoms with Gasteiger partial charge in [-0.3, -0.25) is 4.79 Å². The van der Waals surface area contributed by atoms with Crippen molar-refractivity contribution < 1.29 is 18.0 Å². The van der Waals surface area contributed by atoms with Crippen LogP contribution in [0.4, 0.5) is 13.2 Å². The Balaban J connectivity index is 1.71. The summed E-state index contributed by atoms with van der Waals surface area (Å²) in [6.07, 6.45) is -0.345. The van der Waals surface area contributed by atoms with Crippen molar-refractivity contribution in [1.82, 2.24) is 19.7 Å². The molecule has 3 atom stereocenters. The summed E-state index contributed by atoms with van der Waals surface area (Å²) < 4.78 is 39.7. The van der Waals surface area contributed by atoms with Crippen molar-refractivity contribution in [1.29, 1.82) is 0 Å². The molecule has 1 aromatic heterocycles. The van der Waals surface area contributed by atoms with Crippen molar-refractivity contribution in [3.8, 4) is 5.69 Å². The Bertz CT molecular complexity index is 894. The summed E-state index contributed by atoms with van der Waals surface area (Å²) in [5.41, 5.74) is 7.42. The number of alkyl halides is 3. The van der Waals surface area contributed by atoms with Crippen LogP contribution >= 0.6 is 0 Å². The molecule has 0 bridgehead atoms. The van der Waals surface area contributed by atoms with Gasteiger partial charge in [-0.05, 0) is 43.7 Å². The highest BCUT2D eigenvalue weighted by Gasteiger charge is 2.45. The highest BCUT2D eigenvalue weighted by molar-refractivity contribution is 5.98. The lowest BCUT2D eigenvalue weighted by molar-refractivity contribution is -0.144. The molecule has 150 valence electrons. The van der Waals surface area contributed by atoms with E-state index in [0.29, 0.717) is 30.5 Å². The predicted octanol–water partition coefficient (Wildman–Crippen LogP) is 2.79. The number of rotatable bonds is 3. The van der Waals surface area contributed by atoms with Gasteiger partial charge in [0.1, 0.15) is 6.33 Å². The van der Waals surface area contributed by atoms with Gasteiger partial charge in [-0.25, -0.2) is 9.67 Å². The van der Waals surface area contributed by atoms with Crippen LogP contribution in [0.5, 0.6) is 0 Å². The number of aryl methyl sites for hydroxylation is 1. The molecule has 0 spiro atoms. The van der Waals surface area contributed by atoms with Gasteiger partial charge in [-0.1, -0.05) is 18.1 Å². The Morgan fingerprint density at radius 2 is 2.11 bits per heavy atom. The molecule has 1 saturated carbocycles. The largest absolute Gasteiger partial charge is 0.453 e. The molecule has 2 fully saturated rings. The van der Waals surface area contributed by atoms with Crippen LogP contribution in [0.15, 0.2) is 24.5 Å². The van der Waals surface area contributed by atoms with E-state index in [9.17, 15) is 18.0 Å². The van der Waals surface area contributed by atoms with Crippen LogP contribution in [0.3, 0.4) is 0 Å². The Hall–Kier alpha value is -2.42. The Morgan fingerprint density at radius 1 is 1.32 bits per heavy atom. The maximum atomic E-state index is 13.4. The van der Waals surface area contributed by atoms with Gasteiger partial charge in [0.15, 0.2) is 0 Å². The van der Waals surface area contributed by atoms with Gasteiger partial charge in [0.2, 0.25) is 0 Å². The third kappa shape index (κ3) is 3.17. The van der Waals surface area contributed by atoms with Crippen LogP contribution in [0.25, 0.3) is 5.69 Å². The molecule has 0 radical (unpaired) electrons. The molecule has 28 heavy (non-hydrogen) atoms. The van der Waals surface area contributed by atoms with E-state index >= 15 is 0 Å². The monoisotopic (exact) mass is 393 g/mol. The first-order valence-electron chi connectivity index (χ1n) is 9.40. The summed E-state index contributed by atoms with van der Waals surface area (Å²) in [7, 11) is 0. The number of fused-ring (bicyclic) bond motifs is 1. The van der Waals surface area contributed by atoms with Gasteiger partial charge in [-0.15, -0.1) is 5.10 Å². The standard InChI is InChI=1S/C19H22F3N5O/c1-11-5-6-15(27-10-24-18(25-27)19(20,21)22)14(7-11)17(28)26-9-12-3-2-4-13(12)16(26)8-23/h5-7,10,12-13,16H,2-4,8-9,23H2,1H3. The molecule has 2 N–H and O–H groups in total. The average Bonchev–Trinajstić information content (AvgIpc) is 3.35. The SMILES string of the molecule is Cc1ccc(-n2cnc(C(F)(F)F)n2)c(C(=O)N2CC3CCCC3C2CN)c1. The Labute approximate surface area is 160 Å². The third-order valence-corrected chi connectivity index (χ3v) is 5.92. The lowest BCUT2D eigenvalue weighted by Crippen LogP contribution is -2.43. The summed E-state index contributed by atoms with van der Waals surface area (Å²) in [5.74, 6) is -0.589. The fourth-order valence-corrected chi connectivity index (χ4v) is 4.64. The lowest BCUT2D eigenvalue weighted by atomic mass is 9.94. The van der Waals surface area contributed by atoms with Crippen LogP contribution in [-0.4, -0.2) is 44.7 Å².